The molecule has 0 rings (SSSR count). The van der Waals surface area contributed by atoms with Crippen molar-refractivity contribution in [1.29, 1.82) is 0 Å². The summed E-state index contributed by atoms with van der Waals surface area (Å²) in [6.45, 7) is 7.85. The van der Waals surface area contributed by atoms with Gasteiger partial charge in [0, 0.05) is 6.61 Å². The Balaban J connectivity index is 3.67. The Morgan fingerprint density at radius 2 is 0.952 bits per heavy atom. The number of hydrogen-bond donors (Lipinski definition) is 0. The third-order valence-electron chi connectivity index (χ3n) is 4.36. The summed E-state index contributed by atoms with van der Waals surface area (Å²) >= 11 is 0. The molecule has 0 heterocycles. The second-order valence-corrected chi connectivity index (χ2v) is 6.61. The van der Waals surface area contributed by atoms with Gasteiger partial charge in [-0.25, -0.2) is 0 Å². The summed E-state index contributed by atoms with van der Waals surface area (Å²) in [4.78, 5) is 0. The highest BCUT2D eigenvalue weighted by molar-refractivity contribution is 4.60. The van der Waals surface area contributed by atoms with Crippen LogP contribution in [-0.2, 0) is 4.74 Å². The van der Waals surface area contributed by atoms with Gasteiger partial charge in [-0.1, -0.05) is 97.8 Å². The van der Waals surface area contributed by atoms with Crippen LogP contribution in [0, 0.1) is 0 Å². The van der Waals surface area contributed by atoms with Crippen LogP contribution in [0.3, 0.4) is 0 Å². The minimum absolute atomic E-state index is 0.546. The van der Waals surface area contributed by atoms with E-state index in [4.69, 9.17) is 4.74 Å². The Bertz CT molecular complexity index is 167. The van der Waals surface area contributed by atoms with Crippen LogP contribution in [0.5, 0.6) is 0 Å². The van der Waals surface area contributed by atoms with E-state index < -0.39 is 0 Å². The molecule has 0 aliphatic carbocycles. The average Bonchev–Trinajstić information content (AvgIpc) is 2.50. The summed E-state index contributed by atoms with van der Waals surface area (Å²) in [7, 11) is 0. The minimum Gasteiger partial charge on any atom is -0.378 e. The summed E-state index contributed by atoms with van der Waals surface area (Å²) in [5.74, 6) is 0. The van der Waals surface area contributed by atoms with Crippen molar-refractivity contribution in [1.82, 2.24) is 0 Å². The molecule has 0 aromatic heterocycles. The smallest absolute Gasteiger partial charge is 0.0575 e. The van der Waals surface area contributed by atoms with Crippen LogP contribution in [0.4, 0.5) is 0 Å². The van der Waals surface area contributed by atoms with Gasteiger partial charge in [0.1, 0.15) is 0 Å². The maximum absolute atomic E-state index is 6.18. The summed E-state index contributed by atoms with van der Waals surface area (Å²) < 4.78 is 6.18. The van der Waals surface area contributed by atoms with Gasteiger partial charge < -0.3 is 4.74 Å². The number of ether oxygens (including phenoxy) is 1. The van der Waals surface area contributed by atoms with Crippen LogP contribution in [0.15, 0.2) is 0 Å². The lowest BCUT2D eigenvalue weighted by Crippen LogP contribution is -2.14. The SMILES string of the molecule is CCCCCCCOC(CCCCCC)CCCCCC. The molecule has 0 atom stereocenters. The predicted molar refractivity (Wildman–Crippen MR) is 96.0 cm³/mol. The summed E-state index contributed by atoms with van der Waals surface area (Å²) in [6, 6.07) is 0. The van der Waals surface area contributed by atoms with Crippen LogP contribution in [-0.4, -0.2) is 12.7 Å². The van der Waals surface area contributed by atoms with Crippen LogP contribution in [0.2, 0.25) is 0 Å². The first kappa shape index (κ1) is 21.0. The molecule has 0 radical (unpaired) electrons. The molecule has 1 nitrogen and oxygen atoms in total. The highest BCUT2D eigenvalue weighted by Crippen LogP contribution is 2.16. The molecule has 0 saturated carbocycles. The molecule has 0 aliphatic rings. The molecule has 0 bridgehead atoms. The zero-order valence-electron chi connectivity index (χ0n) is 15.3. The van der Waals surface area contributed by atoms with Gasteiger partial charge in [-0.3, -0.25) is 0 Å². The maximum Gasteiger partial charge on any atom is 0.0575 e. The fourth-order valence-electron chi connectivity index (χ4n) is 2.86. The third kappa shape index (κ3) is 16.2. The fourth-order valence-corrected chi connectivity index (χ4v) is 2.86. The van der Waals surface area contributed by atoms with Crippen molar-refractivity contribution < 1.29 is 4.74 Å². The van der Waals surface area contributed by atoms with Crippen molar-refractivity contribution in [2.75, 3.05) is 6.61 Å². The van der Waals surface area contributed by atoms with E-state index in [2.05, 4.69) is 20.8 Å². The molecule has 21 heavy (non-hydrogen) atoms. The molecule has 0 fully saturated rings. The lowest BCUT2D eigenvalue weighted by atomic mass is 10.0. The highest BCUT2D eigenvalue weighted by atomic mass is 16.5. The molecular weight excluding hydrogens is 256 g/mol. The minimum atomic E-state index is 0.546. The zero-order chi connectivity index (χ0) is 15.6. The first-order chi connectivity index (χ1) is 10.3. The topological polar surface area (TPSA) is 9.23 Å². The molecule has 0 aromatic carbocycles. The largest absolute Gasteiger partial charge is 0.378 e. The summed E-state index contributed by atoms with van der Waals surface area (Å²) in [5.41, 5.74) is 0. The van der Waals surface area contributed by atoms with Crippen molar-refractivity contribution in [3.05, 3.63) is 0 Å². The van der Waals surface area contributed by atoms with E-state index in [9.17, 15) is 0 Å². The van der Waals surface area contributed by atoms with Gasteiger partial charge in [-0.2, -0.15) is 0 Å². The second kappa shape index (κ2) is 18.0. The zero-order valence-corrected chi connectivity index (χ0v) is 15.3. The Hall–Kier alpha value is -0.0400. The molecule has 0 spiro atoms. The fraction of sp³-hybridized carbons (Fsp3) is 1.00. The van der Waals surface area contributed by atoms with Gasteiger partial charge in [0.25, 0.3) is 0 Å². The number of hydrogen-bond acceptors (Lipinski definition) is 1. The molecule has 0 aliphatic heterocycles. The van der Waals surface area contributed by atoms with Gasteiger partial charge >= 0.3 is 0 Å². The van der Waals surface area contributed by atoms with E-state index in [-0.39, 0.29) is 0 Å². The predicted octanol–water partition coefficient (Wildman–Crippen LogP) is 7.28. The molecule has 128 valence electrons. The van der Waals surface area contributed by atoms with Crippen LogP contribution >= 0.6 is 0 Å². The van der Waals surface area contributed by atoms with E-state index in [0.29, 0.717) is 6.10 Å². The van der Waals surface area contributed by atoms with Crippen molar-refractivity contribution >= 4 is 0 Å². The third-order valence-corrected chi connectivity index (χ3v) is 4.36. The Labute approximate surface area is 135 Å². The average molecular weight is 299 g/mol. The second-order valence-electron chi connectivity index (χ2n) is 6.61. The Morgan fingerprint density at radius 3 is 1.43 bits per heavy atom. The molecule has 0 amide bonds. The van der Waals surface area contributed by atoms with Crippen LogP contribution in [0.1, 0.15) is 117 Å². The quantitative estimate of drug-likeness (QED) is 0.256. The van der Waals surface area contributed by atoms with Crippen LogP contribution in [0.25, 0.3) is 0 Å². The van der Waals surface area contributed by atoms with Gasteiger partial charge in [0.05, 0.1) is 6.10 Å². The molecule has 0 saturated heterocycles. The van der Waals surface area contributed by atoms with E-state index in [1.54, 1.807) is 0 Å². The van der Waals surface area contributed by atoms with Crippen LogP contribution < -0.4 is 0 Å². The number of rotatable bonds is 17. The first-order valence-electron chi connectivity index (χ1n) is 9.96. The highest BCUT2D eigenvalue weighted by Gasteiger charge is 2.08. The summed E-state index contributed by atoms with van der Waals surface area (Å²) in [6.07, 6.45) is 20.8. The van der Waals surface area contributed by atoms with Gasteiger partial charge in [0.15, 0.2) is 0 Å². The number of unbranched alkanes of at least 4 members (excludes halogenated alkanes) is 10. The van der Waals surface area contributed by atoms with Gasteiger partial charge in [0.2, 0.25) is 0 Å². The van der Waals surface area contributed by atoms with Crippen molar-refractivity contribution in [3.8, 4) is 0 Å². The monoisotopic (exact) mass is 298 g/mol. The van der Waals surface area contributed by atoms with Crippen molar-refractivity contribution in [3.63, 3.8) is 0 Å². The maximum atomic E-state index is 6.18. The van der Waals surface area contributed by atoms with E-state index >= 15 is 0 Å². The molecule has 0 unspecified atom stereocenters. The molecule has 0 aromatic rings. The molecular formula is C20H42O. The van der Waals surface area contributed by atoms with Gasteiger partial charge in [-0.15, -0.1) is 0 Å². The lowest BCUT2D eigenvalue weighted by Gasteiger charge is -2.18. The first-order valence-corrected chi connectivity index (χ1v) is 9.96. The van der Waals surface area contributed by atoms with Crippen molar-refractivity contribution in [2.24, 2.45) is 0 Å². The normalized spacial score (nSPS) is 11.4. The molecule has 1 heteroatoms. The Morgan fingerprint density at radius 1 is 0.524 bits per heavy atom. The summed E-state index contributed by atoms with van der Waals surface area (Å²) in [5, 5.41) is 0. The van der Waals surface area contributed by atoms with E-state index in [1.807, 2.05) is 0 Å². The van der Waals surface area contributed by atoms with E-state index in [1.165, 1.54) is 96.3 Å². The lowest BCUT2D eigenvalue weighted by molar-refractivity contribution is 0.0357. The van der Waals surface area contributed by atoms with Gasteiger partial charge in [-0.05, 0) is 19.3 Å². The van der Waals surface area contributed by atoms with Crippen molar-refractivity contribution in [2.45, 2.75) is 123 Å². The Kier molecular flexibility index (Phi) is 18.0. The standard InChI is InChI=1S/C20H42O/c1-4-7-10-13-16-19-21-20(17-14-11-8-5-2)18-15-12-9-6-3/h20H,4-19H2,1-3H3. The molecule has 0 N–H and O–H groups in total. The van der Waals surface area contributed by atoms with E-state index in [0.717, 1.165) is 6.61 Å².